The van der Waals surface area contributed by atoms with Crippen molar-refractivity contribution < 1.29 is 4.74 Å². The largest absolute Gasteiger partial charge is 0.380 e. The second-order valence-corrected chi connectivity index (χ2v) is 4.50. The minimum absolute atomic E-state index is 0.904. The molecule has 2 rings (SSSR count). The molecule has 0 aromatic rings. The number of hydrogen-bond donors (Lipinski definition) is 1. The quantitative estimate of drug-likeness (QED) is 0.579. The topological polar surface area (TPSA) is 21.3 Å². The second kappa shape index (κ2) is 4.97. The van der Waals surface area contributed by atoms with Gasteiger partial charge in [-0.25, -0.2) is 0 Å². The predicted molar refractivity (Wildman–Crippen MR) is 53.8 cm³/mol. The third-order valence-electron chi connectivity index (χ3n) is 2.90. The fourth-order valence-corrected chi connectivity index (χ4v) is 1.52. The minimum atomic E-state index is 0.904. The molecule has 76 valence electrons. The Morgan fingerprint density at radius 1 is 1.00 bits per heavy atom. The molecule has 2 aliphatic rings. The van der Waals surface area contributed by atoms with Gasteiger partial charge in [0.1, 0.15) is 0 Å². The van der Waals surface area contributed by atoms with Crippen LogP contribution in [0, 0.1) is 11.8 Å². The molecule has 0 amide bonds. The molecule has 0 unspecified atom stereocenters. The van der Waals surface area contributed by atoms with Gasteiger partial charge < -0.3 is 10.1 Å². The van der Waals surface area contributed by atoms with Gasteiger partial charge in [0.05, 0.1) is 6.61 Å². The van der Waals surface area contributed by atoms with Crippen molar-refractivity contribution in [3.8, 4) is 0 Å². The van der Waals surface area contributed by atoms with Crippen molar-refractivity contribution in [2.75, 3.05) is 26.3 Å². The summed E-state index contributed by atoms with van der Waals surface area (Å²) in [5, 5.41) is 3.43. The standard InChI is InChI=1S/C11H21NO/c1-2-10(1)5-6-12-7-8-13-9-11-3-4-11/h10-12H,1-9H2. The van der Waals surface area contributed by atoms with Crippen LogP contribution in [0.3, 0.4) is 0 Å². The van der Waals surface area contributed by atoms with Crippen LogP contribution >= 0.6 is 0 Å². The Hall–Kier alpha value is -0.0800. The number of nitrogens with one attached hydrogen (secondary N) is 1. The Morgan fingerprint density at radius 2 is 1.77 bits per heavy atom. The highest BCUT2D eigenvalue weighted by Gasteiger charge is 2.21. The van der Waals surface area contributed by atoms with Gasteiger partial charge in [-0.15, -0.1) is 0 Å². The van der Waals surface area contributed by atoms with E-state index in [4.69, 9.17) is 4.74 Å². The van der Waals surface area contributed by atoms with Crippen molar-refractivity contribution in [3.63, 3.8) is 0 Å². The maximum absolute atomic E-state index is 5.52. The predicted octanol–water partition coefficient (Wildman–Crippen LogP) is 1.80. The molecule has 0 saturated heterocycles. The molecule has 0 heterocycles. The molecular formula is C11H21NO. The first-order chi connectivity index (χ1) is 6.45. The van der Waals surface area contributed by atoms with Gasteiger partial charge in [-0.1, -0.05) is 12.8 Å². The molecule has 2 fully saturated rings. The lowest BCUT2D eigenvalue weighted by atomic mass is 10.3. The van der Waals surface area contributed by atoms with E-state index in [2.05, 4.69) is 5.32 Å². The molecule has 2 saturated carbocycles. The van der Waals surface area contributed by atoms with Crippen molar-refractivity contribution in [2.24, 2.45) is 11.8 Å². The molecule has 0 spiro atoms. The van der Waals surface area contributed by atoms with Crippen LogP contribution in [-0.2, 0) is 4.74 Å². The monoisotopic (exact) mass is 183 g/mol. The fourth-order valence-electron chi connectivity index (χ4n) is 1.52. The van der Waals surface area contributed by atoms with Crippen LogP contribution in [0.4, 0.5) is 0 Å². The summed E-state index contributed by atoms with van der Waals surface area (Å²) in [6.07, 6.45) is 7.12. The van der Waals surface area contributed by atoms with E-state index in [0.717, 1.165) is 31.6 Å². The maximum atomic E-state index is 5.52. The van der Waals surface area contributed by atoms with Gasteiger partial charge in [-0.3, -0.25) is 0 Å². The summed E-state index contributed by atoms with van der Waals surface area (Å²) < 4.78 is 5.52. The van der Waals surface area contributed by atoms with Gasteiger partial charge in [0.25, 0.3) is 0 Å². The van der Waals surface area contributed by atoms with Crippen LogP contribution < -0.4 is 5.32 Å². The Balaban J connectivity index is 1.28. The Labute approximate surface area is 81.0 Å². The van der Waals surface area contributed by atoms with E-state index in [-0.39, 0.29) is 0 Å². The van der Waals surface area contributed by atoms with Gasteiger partial charge in [-0.05, 0) is 37.6 Å². The van der Waals surface area contributed by atoms with E-state index >= 15 is 0 Å². The molecule has 0 bridgehead atoms. The smallest absolute Gasteiger partial charge is 0.0591 e. The molecule has 2 nitrogen and oxygen atoms in total. The van der Waals surface area contributed by atoms with E-state index < -0.39 is 0 Å². The molecule has 2 heteroatoms. The summed E-state index contributed by atoms with van der Waals surface area (Å²) in [7, 11) is 0. The zero-order chi connectivity index (χ0) is 8.93. The second-order valence-electron chi connectivity index (χ2n) is 4.50. The van der Waals surface area contributed by atoms with Crippen molar-refractivity contribution in [2.45, 2.75) is 32.1 Å². The third kappa shape index (κ3) is 4.63. The highest BCUT2D eigenvalue weighted by atomic mass is 16.5. The van der Waals surface area contributed by atoms with E-state index in [1.807, 2.05) is 0 Å². The summed E-state index contributed by atoms with van der Waals surface area (Å²) in [5.74, 6) is 1.96. The molecule has 13 heavy (non-hydrogen) atoms. The fraction of sp³-hybridized carbons (Fsp3) is 1.00. The van der Waals surface area contributed by atoms with Crippen molar-refractivity contribution in [1.29, 1.82) is 0 Å². The molecule has 2 aliphatic carbocycles. The lowest BCUT2D eigenvalue weighted by molar-refractivity contribution is 0.126. The zero-order valence-corrected chi connectivity index (χ0v) is 8.43. The SMILES string of the molecule is C(COCC1CC1)NCCC1CC1. The summed E-state index contributed by atoms with van der Waals surface area (Å²) in [6.45, 7) is 4.14. The summed E-state index contributed by atoms with van der Waals surface area (Å²) >= 11 is 0. The summed E-state index contributed by atoms with van der Waals surface area (Å²) in [4.78, 5) is 0. The van der Waals surface area contributed by atoms with E-state index in [9.17, 15) is 0 Å². The van der Waals surface area contributed by atoms with Gasteiger partial charge in [0.2, 0.25) is 0 Å². The number of rotatable bonds is 8. The normalized spacial score (nSPS) is 22.2. The highest BCUT2D eigenvalue weighted by Crippen LogP contribution is 2.31. The molecule has 0 radical (unpaired) electrons. The first-order valence-corrected chi connectivity index (χ1v) is 5.73. The summed E-state index contributed by atoms with van der Waals surface area (Å²) in [6, 6.07) is 0. The van der Waals surface area contributed by atoms with E-state index in [1.165, 1.54) is 38.6 Å². The van der Waals surface area contributed by atoms with Gasteiger partial charge in [0, 0.05) is 13.2 Å². The molecule has 0 atom stereocenters. The Morgan fingerprint density at radius 3 is 2.46 bits per heavy atom. The van der Waals surface area contributed by atoms with Crippen LogP contribution in [0.1, 0.15) is 32.1 Å². The average Bonchev–Trinajstić information content (AvgIpc) is 2.99. The molecule has 0 aromatic carbocycles. The van der Waals surface area contributed by atoms with Gasteiger partial charge >= 0.3 is 0 Å². The van der Waals surface area contributed by atoms with Crippen molar-refractivity contribution in [3.05, 3.63) is 0 Å². The van der Waals surface area contributed by atoms with E-state index in [0.29, 0.717) is 0 Å². The first kappa shape index (κ1) is 9.47. The van der Waals surface area contributed by atoms with Gasteiger partial charge in [-0.2, -0.15) is 0 Å². The van der Waals surface area contributed by atoms with Crippen LogP contribution in [0.25, 0.3) is 0 Å². The zero-order valence-electron chi connectivity index (χ0n) is 8.43. The lowest BCUT2D eigenvalue weighted by Gasteiger charge is -2.04. The Kier molecular flexibility index (Phi) is 3.62. The average molecular weight is 183 g/mol. The van der Waals surface area contributed by atoms with Crippen LogP contribution in [0.5, 0.6) is 0 Å². The molecule has 0 aliphatic heterocycles. The van der Waals surface area contributed by atoms with Crippen molar-refractivity contribution in [1.82, 2.24) is 5.32 Å². The first-order valence-electron chi connectivity index (χ1n) is 5.73. The van der Waals surface area contributed by atoms with Gasteiger partial charge in [0.15, 0.2) is 0 Å². The van der Waals surface area contributed by atoms with Crippen LogP contribution in [0.2, 0.25) is 0 Å². The number of hydrogen-bond acceptors (Lipinski definition) is 2. The molecular weight excluding hydrogens is 162 g/mol. The number of ether oxygens (including phenoxy) is 1. The van der Waals surface area contributed by atoms with E-state index in [1.54, 1.807) is 0 Å². The molecule has 1 N–H and O–H groups in total. The van der Waals surface area contributed by atoms with Crippen LogP contribution in [0.15, 0.2) is 0 Å². The highest BCUT2D eigenvalue weighted by molar-refractivity contribution is 4.73. The van der Waals surface area contributed by atoms with Crippen LogP contribution in [-0.4, -0.2) is 26.3 Å². The lowest BCUT2D eigenvalue weighted by Crippen LogP contribution is -2.21. The Bertz CT molecular complexity index is 125. The third-order valence-corrected chi connectivity index (χ3v) is 2.90. The van der Waals surface area contributed by atoms with Crippen molar-refractivity contribution >= 4 is 0 Å². The summed E-state index contributed by atoms with van der Waals surface area (Å²) in [5.41, 5.74) is 0. The maximum Gasteiger partial charge on any atom is 0.0591 e. The molecule has 0 aromatic heterocycles. The minimum Gasteiger partial charge on any atom is -0.380 e.